The fraction of sp³-hybridized carbons (Fsp3) is 0.357. The van der Waals surface area contributed by atoms with Crippen LogP contribution >= 0.6 is 0 Å². The molecule has 3 aromatic rings. The second-order valence-electron chi connectivity index (χ2n) is 9.82. The van der Waals surface area contributed by atoms with Crippen molar-refractivity contribution in [3.05, 3.63) is 84.2 Å². The van der Waals surface area contributed by atoms with Gasteiger partial charge in [0.25, 0.3) is 0 Å². The third-order valence-corrected chi connectivity index (χ3v) is 7.42. The number of carbonyl (C=O) groups is 1. The first-order valence-electron chi connectivity index (χ1n) is 11.7. The number of aliphatic hydroxyl groups is 1. The molecule has 3 atom stereocenters. The van der Waals surface area contributed by atoms with Crippen LogP contribution < -0.4 is 0 Å². The lowest BCUT2D eigenvalue weighted by Gasteiger charge is -2.45. The van der Waals surface area contributed by atoms with Crippen LogP contribution in [-0.4, -0.2) is 44.0 Å². The highest BCUT2D eigenvalue weighted by molar-refractivity contribution is 7.90. The fourth-order valence-electron chi connectivity index (χ4n) is 4.76. The first-order chi connectivity index (χ1) is 16.6. The third kappa shape index (κ3) is 5.69. The molecule has 1 aromatic heterocycles. The quantitative estimate of drug-likeness (QED) is 0.444. The lowest BCUT2D eigenvalue weighted by molar-refractivity contribution is -0.101. The Morgan fingerprint density at radius 1 is 1.14 bits per heavy atom. The van der Waals surface area contributed by atoms with Gasteiger partial charge in [0, 0.05) is 37.2 Å². The van der Waals surface area contributed by atoms with Crippen molar-refractivity contribution < 1.29 is 19.2 Å². The first-order valence-corrected chi connectivity index (χ1v) is 13.3. The molecular weight excluding hydrogens is 460 g/mol. The summed E-state index contributed by atoms with van der Waals surface area (Å²) in [5.74, 6) is 0. The Morgan fingerprint density at radius 2 is 1.83 bits per heavy atom. The summed E-state index contributed by atoms with van der Waals surface area (Å²) in [5, 5.41) is 10.6. The van der Waals surface area contributed by atoms with Gasteiger partial charge in [-0.25, -0.2) is 4.79 Å². The van der Waals surface area contributed by atoms with E-state index in [1.165, 1.54) is 0 Å². The van der Waals surface area contributed by atoms with E-state index in [0.29, 0.717) is 24.3 Å². The number of nitrogens with zero attached hydrogens (tertiary/aromatic N) is 2. The maximum absolute atomic E-state index is 13.3. The summed E-state index contributed by atoms with van der Waals surface area (Å²) < 4.78 is 17.9. The Kier molecular flexibility index (Phi) is 7.22. The van der Waals surface area contributed by atoms with Crippen LogP contribution in [0, 0.1) is 0 Å². The topological polar surface area (TPSA) is 85.7 Å². The van der Waals surface area contributed by atoms with E-state index in [0.717, 1.165) is 22.3 Å². The Hall–Kier alpha value is -2.87. The van der Waals surface area contributed by atoms with Gasteiger partial charge in [-0.3, -0.25) is 4.98 Å². The number of benzene rings is 2. The Labute approximate surface area is 210 Å². The van der Waals surface area contributed by atoms with E-state index in [1.54, 1.807) is 37.4 Å². The van der Waals surface area contributed by atoms with E-state index in [1.807, 2.05) is 67.6 Å². The Morgan fingerprint density at radius 3 is 2.43 bits per heavy atom. The monoisotopic (exact) mass is 492 g/mol. The van der Waals surface area contributed by atoms with Crippen LogP contribution in [0.15, 0.2) is 78.0 Å². The summed E-state index contributed by atoms with van der Waals surface area (Å²) in [5.41, 5.74) is 1.90. The number of carbonyl (C=O) groups excluding carboxylic acids is 1. The van der Waals surface area contributed by atoms with Crippen molar-refractivity contribution in [3.63, 3.8) is 0 Å². The van der Waals surface area contributed by atoms with Gasteiger partial charge in [0.05, 0.1) is 17.8 Å². The summed E-state index contributed by atoms with van der Waals surface area (Å²) in [7, 11) is 0. The molecule has 6 nitrogen and oxygen atoms in total. The number of rotatable bonds is 7. The summed E-state index contributed by atoms with van der Waals surface area (Å²) in [6.45, 7) is 5.99. The molecule has 0 aliphatic carbocycles. The van der Waals surface area contributed by atoms with Gasteiger partial charge in [-0.05, 0) is 48.6 Å². The average Bonchev–Trinajstić information content (AvgIpc) is 2.83. The largest absolute Gasteiger partial charge is 0.612 e. The van der Waals surface area contributed by atoms with Gasteiger partial charge in [0.15, 0.2) is 4.90 Å². The number of aromatic nitrogens is 1. The zero-order chi connectivity index (χ0) is 25.2. The van der Waals surface area contributed by atoms with Gasteiger partial charge >= 0.3 is 6.09 Å². The predicted molar refractivity (Wildman–Crippen MR) is 137 cm³/mol. The summed E-state index contributed by atoms with van der Waals surface area (Å²) in [6, 6.07) is 19.4. The van der Waals surface area contributed by atoms with E-state index in [4.69, 9.17) is 4.74 Å². The molecule has 184 valence electrons. The van der Waals surface area contributed by atoms with E-state index >= 15 is 0 Å². The molecule has 4 rings (SSSR count). The van der Waals surface area contributed by atoms with Crippen molar-refractivity contribution in [2.24, 2.45) is 0 Å². The zero-order valence-electron chi connectivity index (χ0n) is 20.6. The smallest absolute Gasteiger partial charge is 0.411 e. The van der Waals surface area contributed by atoms with Crippen molar-refractivity contribution in [2.45, 2.75) is 55.8 Å². The number of cyclic esters (lactones) is 1. The normalized spacial score (nSPS) is 20.3. The van der Waals surface area contributed by atoms with Gasteiger partial charge in [0.2, 0.25) is 0 Å². The van der Waals surface area contributed by atoms with Crippen LogP contribution in [0.2, 0.25) is 0 Å². The molecule has 1 unspecified atom stereocenters. The SMILES string of the molecule is CC(c1ccc(-c2cncc([S@+](C)[O-])c2)cc1)N1CC[C@](CC(C)(C)O)(c2ccccc2)OC1=O. The minimum Gasteiger partial charge on any atom is -0.612 e. The molecule has 0 saturated carbocycles. The van der Waals surface area contributed by atoms with Crippen molar-refractivity contribution >= 4 is 17.3 Å². The van der Waals surface area contributed by atoms with Crippen molar-refractivity contribution in [2.75, 3.05) is 12.8 Å². The minimum absolute atomic E-state index is 0.180. The molecule has 2 heterocycles. The molecule has 1 N–H and O–H groups in total. The van der Waals surface area contributed by atoms with Crippen LogP contribution in [0.3, 0.4) is 0 Å². The molecule has 1 aliphatic heterocycles. The maximum Gasteiger partial charge on any atom is 0.411 e. The summed E-state index contributed by atoms with van der Waals surface area (Å²) in [4.78, 5) is 19.9. The standard InChI is InChI=1S/C28H32N2O4S/c1-20(21-10-12-22(13-11-21)23-16-25(35(4)33)18-29-17-23)30-15-14-28(34-26(30)31,19-27(2,3)32)24-8-6-5-7-9-24/h5-13,16-18,20,32H,14-15,19H2,1-4H3/t20?,28-,35-/m0/s1. The van der Waals surface area contributed by atoms with Crippen LogP contribution in [-0.2, 0) is 21.5 Å². The second-order valence-corrected chi connectivity index (χ2v) is 11.2. The highest BCUT2D eigenvalue weighted by atomic mass is 32.2. The van der Waals surface area contributed by atoms with Gasteiger partial charge in [-0.2, -0.15) is 0 Å². The molecule has 1 fully saturated rings. The van der Waals surface area contributed by atoms with Crippen molar-refractivity contribution in [3.8, 4) is 11.1 Å². The van der Waals surface area contributed by atoms with Gasteiger partial charge in [0.1, 0.15) is 11.9 Å². The molecule has 35 heavy (non-hydrogen) atoms. The summed E-state index contributed by atoms with van der Waals surface area (Å²) in [6.07, 6.45) is 5.53. The van der Waals surface area contributed by atoms with Crippen LogP contribution in [0.4, 0.5) is 4.79 Å². The van der Waals surface area contributed by atoms with Gasteiger partial charge in [-0.1, -0.05) is 54.6 Å². The highest BCUT2D eigenvalue weighted by Gasteiger charge is 2.46. The number of ether oxygens (including phenoxy) is 1. The highest BCUT2D eigenvalue weighted by Crippen LogP contribution is 2.42. The second kappa shape index (κ2) is 10.0. The van der Waals surface area contributed by atoms with E-state index in [2.05, 4.69) is 4.98 Å². The van der Waals surface area contributed by atoms with Gasteiger partial charge < -0.3 is 19.3 Å². The fourth-order valence-corrected chi connectivity index (χ4v) is 5.26. The molecule has 0 spiro atoms. The zero-order valence-corrected chi connectivity index (χ0v) is 21.4. The molecule has 0 bridgehead atoms. The minimum atomic E-state index is -1.10. The van der Waals surface area contributed by atoms with E-state index in [-0.39, 0.29) is 12.1 Å². The average molecular weight is 493 g/mol. The van der Waals surface area contributed by atoms with Crippen LogP contribution in [0.5, 0.6) is 0 Å². The molecule has 1 aliphatic rings. The summed E-state index contributed by atoms with van der Waals surface area (Å²) >= 11 is -1.10. The lowest BCUT2D eigenvalue weighted by Crippen LogP contribution is -2.51. The van der Waals surface area contributed by atoms with Crippen molar-refractivity contribution in [1.29, 1.82) is 0 Å². The molecule has 0 radical (unpaired) electrons. The number of amides is 1. The van der Waals surface area contributed by atoms with Crippen LogP contribution in [0.25, 0.3) is 11.1 Å². The molecular formula is C28H32N2O4S. The lowest BCUT2D eigenvalue weighted by atomic mass is 9.80. The van der Waals surface area contributed by atoms with Crippen LogP contribution in [0.1, 0.15) is 50.8 Å². The Balaban J connectivity index is 1.53. The Bertz CT molecular complexity index is 1160. The third-order valence-electron chi connectivity index (χ3n) is 6.53. The van der Waals surface area contributed by atoms with Crippen molar-refractivity contribution in [1.82, 2.24) is 9.88 Å². The number of hydrogen-bond acceptors (Lipinski definition) is 5. The van der Waals surface area contributed by atoms with E-state index < -0.39 is 22.4 Å². The van der Waals surface area contributed by atoms with Gasteiger partial charge in [-0.15, -0.1) is 0 Å². The maximum atomic E-state index is 13.3. The molecule has 2 aromatic carbocycles. The molecule has 1 saturated heterocycles. The van der Waals surface area contributed by atoms with E-state index in [9.17, 15) is 14.5 Å². The predicted octanol–water partition coefficient (Wildman–Crippen LogP) is 5.45. The molecule has 7 heteroatoms. The number of hydrogen-bond donors (Lipinski definition) is 1. The number of pyridine rings is 1. The first kappa shape index (κ1) is 25.2. The molecule has 1 amide bonds.